The summed E-state index contributed by atoms with van der Waals surface area (Å²) in [6.45, 7) is 6.71. The fraction of sp³-hybridized carbons (Fsp3) is 0.588. The molecule has 0 radical (unpaired) electrons. The number of anilines is 1. The van der Waals surface area contributed by atoms with E-state index in [0.717, 1.165) is 17.7 Å². The van der Waals surface area contributed by atoms with Crippen LogP contribution in [0.3, 0.4) is 0 Å². The SMILES string of the molecule is CCCCC(CC)Nc1cccc(CN(C)C(C)=O)c1. The molecule has 0 spiro atoms. The number of nitrogens with one attached hydrogen (secondary N) is 1. The minimum Gasteiger partial charge on any atom is -0.382 e. The predicted molar refractivity (Wildman–Crippen MR) is 85.8 cm³/mol. The number of carbonyl (C=O) groups is 1. The van der Waals surface area contributed by atoms with Gasteiger partial charge >= 0.3 is 0 Å². The number of nitrogens with zero attached hydrogens (tertiary/aromatic N) is 1. The van der Waals surface area contributed by atoms with Crippen LogP contribution in [0.5, 0.6) is 0 Å². The fourth-order valence-corrected chi connectivity index (χ4v) is 2.21. The van der Waals surface area contributed by atoms with Gasteiger partial charge in [0.05, 0.1) is 0 Å². The van der Waals surface area contributed by atoms with Gasteiger partial charge in [-0.05, 0) is 30.5 Å². The first kappa shape index (κ1) is 16.5. The lowest BCUT2D eigenvalue weighted by Gasteiger charge is -2.20. The number of unbranched alkanes of at least 4 members (excludes halogenated alkanes) is 1. The first-order valence-corrected chi connectivity index (χ1v) is 7.64. The van der Waals surface area contributed by atoms with E-state index in [2.05, 4.69) is 43.4 Å². The average Bonchev–Trinajstić information content (AvgIpc) is 2.43. The molecule has 0 heterocycles. The normalized spacial score (nSPS) is 12.0. The predicted octanol–water partition coefficient (Wildman–Crippen LogP) is 4.05. The molecule has 0 saturated heterocycles. The van der Waals surface area contributed by atoms with E-state index in [1.165, 1.54) is 19.3 Å². The van der Waals surface area contributed by atoms with Crippen molar-refractivity contribution >= 4 is 11.6 Å². The Hall–Kier alpha value is -1.51. The Labute approximate surface area is 123 Å². The Morgan fingerprint density at radius 3 is 2.70 bits per heavy atom. The average molecular weight is 276 g/mol. The van der Waals surface area contributed by atoms with E-state index in [-0.39, 0.29) is 5.91 Å². The molecule has 1 rings (SSSR count). The highest BCUT2D eigenvalue weighted by molar-refractivity contribution is 5.72. The van der Waals surface area contributed by atoms with Crippen LogP contribution < -0.4 is 5.32 Å². The second-order valence-electron chi connectivity index (χ2n) is 5.47. The summed E-state index contributed by atoms with van der Waals surface area (Å²) in [5.41, 5.74) is 2.32. The Balaban J connectivity index is 2.64. The van der Waals surface area contributed by atoms with Crippen LogP contribution in [0.1, 0.15) is 52.0 Å². The van der Waals surface area contributed by atoms with Crippen molar-refractivity contribution < 1.29 is 4.79 Å². The first-order chi connectivity index (χ1) is 9.56. The smallest absolute Gasteiger partial charge is 0.219 e. The highest BCUT2D eigenvalue weighted by Gasteiger charge is 2.07. The van der Waals surface area contributed by atoms with E-state index in [4.69, 9.17) is 0 Å². The minimum absolute atomic E-state index is 0.0951. The molecule has 3 nitrogen and oxygen atoms in total. The summed E-state index contributed by atoms with van der Waals surface area (Å²) in [6.07, 6.45) is 4.85. The van der Waals surface area contributed by atoms with Crippen LogP contribution in [0.15, 0.2) is 24.3 Å². The molecule has 0 aliphatic heterocycles. The van der Waals surface area contributed by atoms with Crippen molar-refractivity contribution in [1.82, 2.24) is 4.90 Å². The van der Waals surface area contributed by atoms with Gasteiger partial charge < -0.3 is 10.2 Å². The van der Waals surface area contributed by atoms with Crippen molar-refractivity contribution in [2.75, 3.05) is 12.4 Å². The Morgan fingerprint density at radius 1 is 1.35 bits per heavy atom. The third-order valence-electron chi connectivity index (χ3n) is 3.65. The summed E-state index contributed by atoms with van der Waals surface area (Å²) in [6, 6.07) is 8.91. The van der Waals surface area contributed by atoms with Gasteiger partial charge in [0.15, 0.2) is 0 Å². The Kier molecular flexibility index (Phi) is 7.13. The first-order valence-electron chi connectivity index (χ1n) is 7.64. The van der Waals surface area contributed by atoms with Crippen LogP contribution in [-0.2, 0) is 11.3 Å². The van der Waals surface area contributed by atoms with Crippen LogP contribution in [0, 0.1) is 0 Å². The number of carbonyl (C=O) groups excluding carboxylic acids is 1. The Bertz CT molecular complexity index is 417. The molecule has 0 fully saturated rings. The summed E-state index contributed by atoms with van der Waals surface area (Å²) >= 11 is 0. The molecular formula is C17H28N2O. The molecule has 0 aromatic heterocycles. The van der Waals surface area contributed by atoms with Gasteiger partial charge in [0, 0.05) is 32.2 Å². The maximum atomic E-state index is 11.3. The molecule has 1 unspecified atom stereocenters. The molecular weight excluding hydrogens is 248 g/mol. The quantitative estimate of drug-likeness (QED) is 0.777. The Morgan fingerprint density at radius 2 is 2.10 bits per heavy atom. The van der Waals surface area contributed by atoms with Gasteiger partial charge in [0.2, 0.25) is 5.91 Å². The summed E-state index contributed by atoms with van der Waals surface area (Å²) in [7, 11) is 1.83. The van der Waals surface area contributed by atoms with Gasteiger partial charge in [-0.25, -0.2) is 0 Å². The monoisotopic (exact) mass is 276 g/mol. The zero-order valence-corrected chi connectivity index (χ0v) is 13.3. The third kappa shape index (κ3) is 5.64. The van der Waals surface area contributed by atoms with Crippen molar-refractivity contribution in [1.29, 1.82) is 0 Å². The fourth-order valence-electron chi connectivity index (χ4n) is 2.21. The summed E-state index contributed by atoms with van der Waals surface area (Å²) in [5, 5.41) is 3.60. The highest BCUT2D eigenvalue weighted by atomic mass is 16.2. The molecule has 0 aliphatic rings. The van der Waals surface area contributed by atoms with E-state index in [0.29, 0.717) is 12.6 Å². The second kappa shape index (κ2) is 8.62. The van der Waals surface area contributed by atoms with E-state index in [1.54, 1.807) is 11.8 Å². The molecule has 3 heteroatoms. The highest BCUT2D eigenvalue weighted by Crippen LogP contribution is 2.16. The van der Waals surface area contributed by atoms with Crippen molar-refractivity contribution in [3.63, 3.8) is 0 Å². The van der Waals surface area contributed by atoms with Gasteiger partial charge in [-0.1, -0.05) is 38.8 Å². The standard InChI is InChI=1S/C17H28N2O/c1-5-7-10-16(6-2)18-17-11-8-9-15(12-17)13-19(4)14(3)20/h8-9,11-12,16,18H,5-7,10,13H2,1-4H3. The zero-order chi connectivity index (χ0) is 15.0. The largest absolute Gasteiger partial charge is 0.382 e. The summed E-state index contributed by atoms with van der Waals surface area (Å²) < 4.78 is 0. The minimum atomic E-state index is 0.0951. The van der Waals surface area contributed by atoms with E-state index in [1.807, 2.05) is 7.05 Å². The van der Waals surface area contributed by atoms with Gasteiger partial charge in [-0.3, -0.25) is 4.79 Å². The van der Waals surface area contributed by atoms with Crippen molar-refractivity contribution in [3.8, 4) is 0 Å². The number of hydrogen-bond acceptors (Lipinski definition) is 2. The molecule has 1 aromatic rings. The maximum absolute atomic E-state index is 11.3. The number of hydrogen-bond donors (Lipinski definition) is 1. The van der Waals surface area contributed by atoms with Crippen LogP contribution in [0.25, 0.3) is 0 Å². The van der Waals surface area contributed by atoms with Crippen LogP contribution >= 0.6 is 0 Å². The van der Waals surface area contributed by atoms with Gasteiger partial charge in [0.1, 0.15) is 0 Å². The molecule has 1 amide bonds. The molecule has 1 aromatic carbocycles. The lowest BCUT2D eigenvalue weighted by Crippen LogP contribution is -2.23. The van der Waals surface area contributed by atoms with E-state index in [9.17, 15) is 4.79 Å². The van der Waals surface area contributed by atoms with Crippen molar-refractivity contribution in [2.24, 2.45) is 0 Å². The van der Waals surface area contributed by atoms with Crippen molar-refractivity contribution in [2.45, 2.75) is 59.0 Å². The number of benzene rings is 1. The van der Waals surface area contributed by atoms with Crippen molar-refractivity contribution in [3.05, 3.63) is 29.8 Å². The maximum Gasteiger partial charge on any atom is 0.219 e. The summed E-state index contributed by atoms with van der Waals surface area (Å²) in [4.78, 5) is 13.0. The van der Waals surface area contributed by atoms with Crippen LogP contribution in [0.2, 0.25) is 0 Å². The third-order valence-corrected chi connectivity index (χ3v) is 3.65. The van der Waals surface area contributed by atoms with Gasteiger partial charge in [-0.15, -0.1) is 0 Å². The van der Waals surface area contributed by atoms with E-state index >= 15 is 0 Å². The van der Waals surface area contributed by atoms with Gasteiger partial charge in [-0.2, -0.15) is 0 Å². The lowest BCUT2D eigenvalue weighted by molar-refractivity contribution is -0.128. The molecule has 0 saturated carbocycles. The lowest BCUT2D eigenvalue weighted by atomic mass is 10.1. The number of rotatable bonds is 8. The van der Waals surface area contributed by atoms with E-state index < -0.39 is 0 Å². The van der Waals surface area contributed by atoms with Gasteiger partial charge in [0.25, 0.3) is 0 Å². The molecule has 112 valence electrons. The molecule has 0 aliphatic carbocycles. The second-order valence-corrected chi connectivity index (χ2v) is 5.47. The zero-order valence-electron chi connectivity index (χ0n) is 13.3. The number of amides is 1. The molecule has 1 N–H and O–H groups in total. The van der Waals surface area contributed by atoms with Crippen LogP contribution in [-0.4, -0.2) is 23.9 Å². The molecule has 1 atom stereocenters. The topological polar surface area (TPSA) is 32.3 Å². The summed E-state index contributed by atoms with van der Waals surface area (Å²) in [5.74, 6) is 0.0951. The van der Waals surface area contributed by atoms with Crippen LogP contribution in [0.4, 0.5) is 5.69 Å². The molecule has 20 heavy (non-hydrogen) atoms. The molecule has 0 bridgehead atoms.